The van der Waals surface area contributed by atoms with Crippen molar-refractivity contribution >= 4 is 27.8 Å². The highest BCUT2D eigenvalue weighted by molar-refractivity contribution is 6.04. The molecule has 0 unspecified atom stereocenters. The summed E-state index contributed by atoms with van der Waals surface area (Å²) in [6.45, 7) is 0. The zero-order chi connectivity index (χ0) is 10.1. The molecule has 0 aliphatic heterocycles. The Labute approximate surface area is 80.5 Å². The number of nitrogen functional groups attached to an aromatic ring is 2. The lowest BCUT2D eigenvalue weighted by Crippen LogP contribution is -1.95. The van der Waals surface area contributed by atoms with Gasteiger partial charge >= 0.3 is 0 Å². The van der Waals surface area contributed by atoms with Gasteiger partial charge in [-0.25, -0.2) is 0 Å². The molecular weight excluding hydrogens is 178 g/mol. The molecule has 0 aromatic heterocycles. The molecule has 0 fully saturated rings. The topological polar surface area (TPSA) is 81.5 Å². The van der Waals surface area contributed by atoms with Crippen molar-refractivity contribution in [2.75, 3.05) is 11.5 Å². The van der Waals surface area contributed by atoms with Gasteiger partial charge in [-0.3, -0.25) is 0 Å². The van der Waals surface area contributed by atoms with Crippen LogP contribution in [0.25, 0.3) is 10.8 Å². The molecule has 0 spiro atoms. The third kappa shape index (κ3) is 1.08. The second-order valence-corrected chi connectivity index (χ2v) is 3.04. The number of anilines is 2. The minimum absolute atomic E-state index is 0.326. The fourth-order valence-electron chi connectivity index (χ4n) is 1.48. The van der Waals surface area contributed by atoms with Gasteiger partial charge in [0.15, 0.2) is 0 Å². The number of nitrogens with two attached hydrogens (primary N) is 2. The molecule has 2 aromatic carbocycles. The largest absolute Gasteiger partial charge is 0.397 e. The van der Waals surface area contributed by atoms with Crippen LogP contribution in [-0.2, 0) is 0 Å². The van der Waals surface area contributed by atoms with E-state index in [0.717, 1.165) is 10.8 Å². The number of benzene rings is 2. The van der Waals surface area contributed by atoms with Crippen molar-refractivity contribution in [3.05, 3.63) is 35.2 Å². The summed E-state index contributed by atoms with van der Waals surface area (Å²) < 4.78 is 0. The molecule has 0 amide bonds. The first-order valence-corrected chi connectivity index (χ1v) is 4.14. The Bertz CT molecular complexity index is 508. The molecule has 0 saturated heterocycles. The molecule has 4 heteroatoms. The van der Waals surface area contributed by atoms with Gasteiger partial charge in [0.2, 0.25) is 0 Å². The van der Waals surface area contributed by atoms with Crippen LogP contribution in [0.5, 0.6) is 0 Å². The van der Waals surface area contributed by atoms with Crippen LogP contribution in [0.15, 0.2) is 35.5 Å². The lowest BCUT2D eigenvalue weighted by atomic mass is 10.1. The molecule has 4 N–H and O–H groups in total. The van der Waals surface area contributed by atoms with Crippen LogP contribution >= 0.6 is 0 Å². The molecule has 4 nitrogen and oxygen atoms in total. The van der Waals surface area contributed by atoms with Gasteiger partial charge in [0.25, 0.3) is 0 Å². The molecule has 14 heavy (non-hydrogen) atoms. The van der Waals surface area contributed by atoms with Gasteiger partial charge in [0.1, 0.15) is 5.69 Å². The molecule has 0 aliphatic carbocycles. The first-order valence-electron chi connectivity index (χ1n) is 4.14. The standard InChI is InChI=1S/C10H9N3O/c11-8-5-9(13-14)6-3-1-2-4-7(6)10(8)12/h1-5H,11-12H2. The van der Waals surface area contributed by atoms with Gasteiger partial charge in [0.05, 0.1) is 11.4 Å². The predicted molar refractivity (Wildman–Crippen MR) is 58.2 cm³/mol. The van der Waals surface area contributed by atoms with Crippen molar-refractivity contribution in [1.82, 2.24) is 0 Å². The number of nitroso groups, excluding NO2 is 1. The van der Waals surface area contributed by atoms with E-state index in [1.807, 2.05) is 18.2 Å². The average Bonchev–Trinajstić information content (AvgIpc) is 2.23. The summed E-state index contributed by atoms with van der Waals surface area (Å²) in [6, 6.07) is 8.77. The lowest BCUT2D eigenvalue weighted by molar-refractivity contribution is 1.53. The van der Waals surface area contributed by atoms with Crippen LogP contribution < -0.4 is 11.5 Å². The fourth-order valence-corrected chi connectivity index (χ4v) is 1.48. The molecule has 0 bridgehead atoms. The number of nitrogens with zero attached hydrogens (tertiary/aromatic N) is 1. The van der Waals surface area contributed by atoms with Gasteiger partial charge in [-0.05, 0) is 11.2 Å². The summed E-state index contributed by atoms with van der Waals surface area (Å²) in [6.07, 6.45) is 0. The molecule has 0 heterocycles. The Morgan fingerprint density at radius 3 is 2.36 bits per heavy atom. The third-order valence-corrected chi connectivity index (χ3v) is 2.19. The summed E-state index contributed by atoms with van der Waals surface area (Å²) in [5.41, 5.74) is 12.6. The summed E-state index contributed by atoms with van der Waals surface area (Å²) in [5, 5.41) is 4.41. The molecule has 2 rings (SSSR count). The maximum Gasteiger partial charge on any atom is 0.118 e. The normalized spacial score (nSPS) is 10.3. The quantitative estimate of drug-likeness (QED) is 0.531. The lowest BCUT2D eigenvalue weighted by Gasteiger charge is -2.06. The molecule has 0 atom stereocenters. The number of fused-ring (bicyclic) bond motifs is 1. The SMILES string of the molecule is Nc1cc(N=O)c2ccccc2c1N. The van der Waals surface area contributed by atoms with E-state index in [9.17, 15) is 4.91 Å². The molecule has 0 radical (unpaired) electrons. The third-order valence-electron chi connectivity index (χ3n) is 2.19. The van der Waals surface area contributed by atoms with E-state index in [-0.39, 0.29) is 0 Å². The molecule has 2 aromatic rings. The molecular formula is C10H9N3O. The minimum Gasteiger partial charge on any atom is -0.397 e. The van der Waals surface area contributed by atoms with Gasteiger partial charge in [-0.2, -0.15) is 0 Å². The zero-order valence-corrected chi connectivity index (χ0v) is 7.40. The number of rotatable bonds is 1. The van der Waals surface area contributed by atoms with Crippen molar-refractivity contribution in [2.45, 2.75) is 0 Å². The van der Waals surface area contributed by atoms with E-state index in [1.54, 1.807) is 6.07 Å². The highest BCUT2D eigenvalue weighted by Gasteiger charge is 2.07. The van der Waals surface area contributed by atoms with E-state index in [0.29, 0.717) is 17.1 Å². The van der Waals surface area contributed by atoms with Crippen LogP contribution in [0.2, 0.25) is 0 Å². The van der Waals surface area contributed by atoms with Gasteiger partial charge in [-0.15, -0.1) is 4.91 Å². The number of hydrogen-bond donors (Lipinski definition) is 2. The van der Waals surface area contributed by atoms with Crippen LogP contribution in [0.3, 0.4) is 0 Å². The first-order chi connectivity index (χ1) is 6.74. The van der Waals surface area contributed by atoms with E-state index < -0.39 is 0 Å². The van der Waals surface area contributed by atoms with Gasteiger partial charge in [0, 0.05) is 10.8 Å². The highest BCUT2D eigenvalue weighted by atomic mass is 16.3. The monoisotopic (exact) mass is 187 g/mol. The second kappa shape index (κ2) is 2.99. The summed E-state index contributed by atoms with van der Waals surface area (Å²) in [5.74, 6) is 0. The minimum atomic E-state index is 0.326. The summed E-state index contributed by atoms with van der Waals surface area (Å²) in [4.78, 5) is 10.5. The zero-order valence-electron chi connectivity index (χ0n) is 7.40. The van der Waals surface area contributed by atoms with E-state index in [4.69, 9.17) is 11.5 Å². The first kappa shape index (κ1) is 8.50. The van der Waals surface area contributed by atoms with E-state index >= 15 is 0 Å². The van der Waals surface area contributed by atoms with Gasteiger partial charge < -0.3 is 11.5 Å². The van der Waals surface area contributed by atoms with Crippen molar-refractivity contribution in [3.63, 3.8) is 0 Å². The Morgan fingerprint density at radius 1 is 1.07 bits per heavy atom. The summed E-state index contributed by atoms with van der Waals surface area (Å²) >= 11 is 0. The van der Waals surface area contributed by atoms with Crippen LogP contribution in [-0.4, -0.2) is 0 Å². The Hall–Kier alpha value is -2.10. The van der Waals surface area contributed by atoms with E-state index in [2.05, 4.69) is 5.18 Å². The maximum atomic E-state index is 10.5. The molecule has 0 aliphatic rings. The highest BCUT2D eigenvalue weighted by Crippen LogP contribution is 2.34. The van der Waals surface area contributed by atoms with Crippen LogP contribution in [0.1, 0.15) is 0 Å². The van der Waals surface area contributed by atoms with Crippen LogP contribution in [0.4, 0.5) is 17.1 Å². The van der Waals surface area contributed by atoms with Crippen LogP contribution in [0, 0.1) is 4.91 Å². The molecule has 0 saturated carbocycles. The predicted octanol–water partition coefficient (Wildman–Crippen LogP) is 2.40. The van der Waals surface area contributed by atoms with Gasteiger partial charge in [-0.1, -0.05) is 24.3 Å². The molecule has 70 valence electrons. The van der Waals surface area contributed by atoms with Crippen molar-refractivity contribution in [2.24, 2.45) is 5.18 Å². The van der Waals surface area contributed by atoms with E-state index in [1.165, 1.54) is 6.07 Å². The average molecular weight is 187 g/mol. The Morgan fingerprint density at radius 2 is 1.71 bits per heavy atom. The summed E-state index contributed by atoms with van der Waals surface area (Å²) in [7, 11) is 0. The van der Waals surface area contributed by atoms with Crippen molar-refractivity contribution in [3.8, 4) is 0 Å². The maximum absolute atomic E-state index is 10.5. The van der Waals surface area contributed by atoms with Crippen molar-refractivity contribution in [1.29, 1.82) is 0 Å². The Balaban J connectivity index is 2.96. The fraction of sp³-hybridized carbons (Fsp3) is 0. The van der Waals surface area contributed by atoms with Crippen molar-refractivity contribution < 1.29 is 0 Å². The smallest absolute Gasteiger partial charge is 0.118 e. The number of hydrogen-bond acceptors (Lipinski definition) is 4. The second-order valence-electron chi connectivity index (χ2n) is 3.04. The Kier molecular flexibility index (Phi) is 1.81.